The van der Waals surface area contributed by atoms with Gasteiger partial charge in [-0.3, -0.25) is 0 Å². The molecule has 4 heterocycles. The summed E-state index contributed by atoms with van der Waals surface area (Å²) in [4.78, 5) is 2.40. The molecule has 0 N–H and O–H groups in total. The third-order valence-electron chi connectivity index (χ3n) is 10.5. The Morgan fingerprint density at radius 1 is 0.532 bits per heavy atom. The van der Waals surface area contributed by atoms with Gasteiger partial charge in [0.05, 0.1) is 5.52 Å². The molecule has 11 rings (SSSR count). The highest BCUT2D eigenvalue weighted by Gasteiger charge is 2.40. The number of hydrogen-bond donors (Lipinski definition) is 0. The van der Waals surface area contributed by atoms with E-state index in [0.29, 0.717) is 0 Å². The van der Waals surface area contributed by atoms with Crippen molar-refractivity contribution < 1.29 is 4.74 Å². The summed E-state index contributed by atoms with van der Waals surface area (Å²) in [5, 5.41) is 2.59. The molecule has 1 aromatic heterocycles. The summed E-state index contributed by atoms with van der Waals surface area (Å²) in [7, 11) is 0. The van der Waals surface area contributed by atoms with Gasteiger partial charge in [-0.1, -0.05) is 109 Å². The van der Waals surface area contributed by atoms with E-state index in [1.165, 1.54) is 66.4 Å². The maximum absolute atomic E-state index is 6.93. The molecule has 0 spiro atoms. The Labute approximate surface area is 273 Å². The SMILES string of the molecule is c1ccc2c(c1)Cc1ccccc1N2c1ccc(-c2cccc3c2Oc2cccc4c2B3c2cccc3c5ccccc5n-4c23)cc1. The van der Waals surface area contributed by atoms with Crippen molar-refractivity contribution in [2.75, 3.05) is 4.90 Å². The molecule has 3 nitrogen and oxygen atoms in total. The summed E-state index contributed by atoms with van der Waals surface area (Å²) < 4.78 is 9.37. The maximum atomic E-state index is 6.93. The Hall–Kier alpha value is -6.00. The Morgan fingerprint density at radius 2 is 1.19 bits per heavy atom. The van der Waals surface area contributed by atoms with Crippen LogP contribution in [0, 0.1) is 0 Å². The summed E-state index contributed by atoms with van der Waals surface area (Å²) in [6.45, 7) is 0.0889. The molecule has 47 heavy (non-hydrogen) atoms. The Morgan fingerprint density at radius 3 is 2.02 bits per heavy atom. The lowest BCUT2D eigenvalue weighted by atomic mass is 9.34. The molecule has 7 aromatic carbocycles. The molecule has 0 atom stereocenters. The van der Waals surface area contributed by atoms with E-state index in [0.717, 1.165) is 34.7 Å². The molecule has 0 radical (unpaired) electrons. The predicted octanol–water partition coefficient (Wildman–Crippen LogP) is 8.76. The fourth-order valence-corrected chi connectivity index (χ4v) is 8.51. The highest BCUT2D eigenvalue weighted by atomic mass is 16.5. The highest BCUT2D eigenvalue weighted by Crippen LogP contribution is 2.45. The van der Waals surface area contributed by atoms with E-state index in [-0.39, 0.29) is 6.71 Å². The van der Waals surface area contributed by atoms with Crippen LogP contribution in [-0.2, 0) is 6.42 Å². The molecule has 8 aromatic rings. The van der Waals surface area contributed by atoms with E-state index >= 15 is 0 Å². The first-order chi connectivity index (χ1) is 23.3. The molecule has 3 aliphatic heterocycles. The second kappa shape index (κ2) is 9.28. The minimum atomic E-state index is 0.0889. The van der Waals surface area contributed by atoms with Crippen LogP contribution in [0.3, 0.4) is 0 Å². The summed E-state index contributed by atoms with van der Waals surface area (Å²) in [5.41, 5.74) is 16.1. The monoisotopic (exact) mass is 598 g/mol. The summed E-state index contributed by atoms with van der Waals surface area (Å²) in [5.74, 6) is 1.89. The average Bonchev–Trinajstić information content (AvgIpc) is 3.47. The Bertz CT molecular complexity index is 2550. The van der Waals surface area contributed by atoms with Crippen LogP contribution >= 0.6 is 0 Å². The van der Waals surface area contributed by atoms with Crippen molar-refractivity contribution >= 4 is 62.0 Å². The largest absolute Gasteiger partial charge is 0.458 e. The standard InChI is InChI=1S/C43H27BN2O/c1-4-17-36-28(10-1)26-29-11-2-5-18-37(29)45(36)30-24-22-27(23-25-30)31-13-7-16-35-43(31)47-40-21-9-20-39-41(40)44(35)34-15-8-14-33-32-12-3-6-19-38(32)46(39)42(33)34/h1-25H,26H2. The average molecular weight is 599 g/mol. The molecule has 0 amide bonds. The molecule has 0 aliphatic carbocycles. The maximum Gasteiger partial charge on any atom is 0.256 e. The van der Waals surface area contributed by atoms with Gasteiger partial charge in [-0.2, -0.15) is 0 Å². The van der Waals surface area contributed by atoms with E-state index in [9.17, 15) is 0 Å². The van der Waals surface area contributed by atoms with Crippen molar-refractivity contribution in [3.63, 3.8) is 0 Å². The molecule has 0 bridgehead atoms. The zero-order chi connectivity index (χ0) is 30.6. The van der Waals surface area contributed by atoms with Gasteiger partial charge in [0.15, 0.2) is 0 Å². The van der Waals surface area contributed by atoms with Gasteiger partial charge in [0.25, 0.3) is 6.71 Å². The summed E-state index contributed by atoms with van der Waals surface area (Å²) in [6.07, 6.45) is 0.952. The second-order valence-corrected chi connectivity index (χ2v) is 12.9. The molecule has 0 unspecified atom stereocenters. The van der Waals surface area contributed by atoms with Gasteiger partial charge >= 0.3 is 0 Å². The van der Waals surface area contributed by atoms with Crippen LogP contribution in [0.4, 0.5) is 17.1 Å². The van der Waals surface area contributed by atoms with Crippen LogP contribution in [-0.4, -0.2) is 11.3 Å². The number of aromatic nitrogens is 1. The zero-order valence-corrected chi connectivity index (χ0v) is 25.5. The molecule has 4 heteroatoms. The van der Waals surface area contributed by atoms with Crippen molar-refractivity contribution in [3.8, 4) is 28.3 Å². The lowest BCUT2D eigenvalue weighted by Gasteiger charge is -2.34. The number of benzene rings is 7. The van der Waals surface area contributed by atoms with Crippen molar-refractivity contribution in [2.24, 2.45) is 0 Å². The highest BCUT2D eigenvalue weighted by molar-refractivity contribution is 6.99. The van der Waals surface area contributed by atoms with Gasteiger partial charge in [-0.05, 0) is 75.5 Å². The number of ether oxygens (including phenoxy) is 1. The van der Waals surface area contributed by atoms with Gasteiger partial charge in [0.2, 0.25) is 0 Å². The zero-order valence-electron chi connectivity index (χ0n) is 25.5. The minimum Gasteiger partial charge on any atom is -0.458 e. The minimum absolute atomic E-state index is 0.0889. The summed E-state index contributed by atoms with van der Waals surface area (Å²) >= 11 is 0. The molecule has 0 saturated heterocycles. The first kappa shape index (κ1) is 25.2. The quantitative estimate of drug-likeness (QED) is 0.185. The lowest BCUT2D eigenvalue weighted by molar-refractivity contribution is 0.489. The van der Waals surface area contributed by atoms with E-state index < -0.39 is 0 Å². The topological polar surface area (TPSA) is 17.4 Å². The number of nitrogens with zero attached hydrogens (tertiary/aromatic N) is 2. The first-order valence-corrected chi connectivity index (χ1v) is 16.4. The number of rotatable bonds is 2. The van der Waals surface area contributed by atoms with Crippen molar-refractivity contribution in [1.29, 1.82) is 0 Å². The molecule has 218 valence electrons. The van der Waals surface area contributed by atoms with Gasteiger partial charge < -0.3 is 14.2 Å². The fraction of sp³-hybridized carbons (Fsp3) is 0.0233. The molecular weight excluding hydrogens is 571 g/mol. The Balaban J connectivity index is 1.07. The third kappa shape index (κ3) is 3.37. The van der Waals surface area contributed by atoms with Gasteiger partial charge in [0, 0.05) is 51.0 Å². The van der Waals surface area contributed by atoms with Gasteiger partial charge in [-0.25, -0.2) is 0 Å². The van der Waals surface area contributed by atoms with Crippen molar-refractivity contribution in [3.05, 3.63) is 163 Å². The van der Waals surface area contributed by atoms with Crippen LogP contribution in [0.5, 0.6) is 11.5 Å². The number of hydrogen-bond acceptors (Lipinski definition) is 2. The smallest absolute Gasteiger partial charge is 0.256 e. The van der Waals surface area contributed by atoms with Crippen LogP contribution in [0.1, 0.15) is 11.1 Å². The predicted molar refractivity (Wildman–Crippen MR) is 195 cm³/mol. The molecular formula is C43H27BN2O. The fourth-order valence-electron chi connectivity index (χ4n) is 8.51. The van der Waals surface area contributed by atoms with Crippen LogP contribution < -0.4 is 26.0 Å². The molecule has 3 aliphatic rings. The summed E-state index contributed by atoms with van der Waals surface area (Å²) in [6, 6.07) is 55.2. The number of fused-ring (bicyclic) bond motifs is 9. The second-order valence-electron chi connectivity index (χ2n) is 12.9. The first-order valence-electron chi connectivity index (χ1n) is 16.4. The molecule has 0 saturated carbocycles. The Kier molecular flexibility index (Phi) is 4.98. The van der Waals surface area contributed by atoms with E-state index in [1.54, 1.807) is 0 Å². The van der Waals surface area contributed by atoms with Gasteiger partial charge in [-0.15, -0.1) is 0 Å². The van der Waals surface area contributed by atoms with Crippen LogP contribution in [0.15, 0.2) is 152 Å². The number of para-hydroxylation sites is 5. The van der Waals surface area contributed by atoms with E-state index in [2.05, 4.69) is 161 Å². The molecule has 0 fully saturated rings. The van der Waals surface area contributed by atoms with Crippen LogP contribution in [0.25, 0.3) is 38.6 Å². The lowest BCUT2D eigenvalue weighted by Crippen LogP contribution is -2.58. The number of anilines is 3. The normalized spacial score (nSPS) is 13.5. The van der Waals surface area contributed by atoms with Crippen LogP contribution in [0.2, 0.25) is 0 Å². The van der Waals surface area contributed by atoms with E-state index in [1.807, 2.05) is 0 Å². The third-order valence-corrected chi connectivity index (χ3v) is 10.5. The van der Waals surface area contributed by atoms with Crippen molar-refractivity contribution in [2.45, 2.75) is 6.42 Å². The van der Waals surface area contributed by atoms with E-state index in [4.69, 9.17) is 4.74 Å². The van der Waals surface area contributed by atoms with Crippen molar-refractivity contribution in [1.82, 2.24) is 4.57 Å². The van der Waals surface area contributed by atoms with Gasteiger partial charge in [0.1, 0.15) is 11.5 Å².